The monoisotopic (exact) mass is 285 g/mol. The van der Waals surface area contributed by atoms with Gasteiger partial charge in [0.1, 0.15) is 12.4 Å². The van der Waals surface area contributed by atoms with E-state index in [0.29, 0.717) is 12.6 Å². The number of anilines is 2. The summed E-state index contributed by atoms with van der Waals surface area (Å²) >= 11 is 0. The Kier molecular flexibility index (Phi) is 5.06. The number of nitrogen functional groups attached to an aromatic ring is 2. The molecule has 0 saturated carbocycles. The van der Waals surface area contributed by atoms with Gasteiger partial charge < -0.3 is 16.2 Å². The molecule has 21 heavy (non-hydrogen) atoms. The van der Waals surface area contributed by atoms with Crippen LogP contribution < -0.4 is 16.2 Å². The molecule has 0 aliphatic heterocycles. The lowest BCUT2D eigenvalue weighted by molar-refractivity contribution is 0.201. The predicted molar refractivity (Wildman–Crippen MR) is 88.2 cm³/mol. The maximum atomic E-state index is 5.72. The van der Waals surface area contributed by atoms with Crippen LogP contribution in [-0.2, 0) is 0 Å². The van der Waals surface area contributed by atoms with E-state index in [4.69, 9.17) is 16.2 Å². The van der Waals surface area contributed by atoms with E-state index < -0.39 is 0 Å². The first-order valence-electron chi connectivity index (χ1n) is 7.10. The lowest BCUT2D eigenvalue weighted by atomic mass is 10.1. The molecular weight excluding hydrogens is 262 g/mol. The van der Waals surface area contributed by atoms with Crippen molar-refractivity contribution >= 4 is 11.4 Å². The first-order chi connectivity index (χ1) is 10.1. The van der Waals surface area contributed by atoms with Gasteiger partial charge in [-0.25, -0.2) is 0 Å². The van der Waals surface area contributed by atoms with Crippen LogP contribution in [0.2, 0.25) is 0 Å². The normalized spacial score (nSPS) is 12.3. The lowest BCUT2D eigenvalue weighted by Gasteiger charge is -2.25. The molecule has 0 aliphatic carbocycles. The van der Waals surface area contributed by atoms with E-state index in [9.17, 15) is 0 Å². The summed E-state index contributed by atoms with van der Waals surface area (Å²) in [5.74, 6) is 0.845. The summed E-state index contributed by atoms with van der Waals surface area (Å²) in [6.07, 6.45) is 0. The SMILES string of the molecule is CC(c1ccc(N)cc1)N(C)CCOc1ccc(N)cc1. The summed E-state index contributed by atoms with van der Waals surface area (Å²) in [5.41, 5.74) is 14.1. The summed E-state index contributed by atoms with van der Waals surface area (Å²) in [4.78, 5) is 2.25. The van der Waals surface area contributed by atoms with Crippen LogP contribution in [0.15, 0.2) is 48.5 Å². The molecule has 2 aromatic rings. The van der Waals surface area contributed by atoms with Gasteiger partial charge in [-0.15, -0.1) is 0 Å². The smallest absolute Gasteiger partial charge is 0.119 e. The zero-order chi connectivity index (χ0) is 15.2. The molecule has 0 amide bonds. The molecular formula is C17H23N3O. The van der Waals surface area contributed by atoms with Crippen molar-refractivity contribution in [1.82, 2.24) is 4.90 Å². The maximum Gasteiger partial charge on any atom is 0.119 e. The Balaban J connectivity index is 1.82. The van der Waals surface area contributed by atoms with Crippen molar-refractivity contribution in [3.63, 3.8) is 0 Å². The molecule has 0 spiro atoms. The van der Waals surface area contributed by atoms with Crippen LogP contribution in [0, 0.1) is 0 Å². The molecule has 112 valence electrons. The topological polar surface area (TPSA) is 64.5 Å². The second-order valence-electron chi connectivity index (χ2n) is 5.24. The average Bonchev–Trinajstić information content (AvgIpc) is 2.49. The van der Waals surface area contributed by atoms with Gasteiger partial charge in [-0.05, 0) is 55.9 Å². The molecule has 0 aromatic heterocycles. The van der Waals surface area contributed by atoms with E-state index in [0.717, 1.165) is 23.7 Å². The third kappa shape index (κ3) is 4.39. The Morgan fingerprint density at radius 1 is 0.952 bits per heavy atom. The molecule has 2 rings (SSSR count). The molecule has 0 aliphatic rings. The number of ether oxygens (including phenoxy) is 1. The Morgan fingerprint density at radius 3 is 2.05 bits per heavy atom. The zero-order valence-electron chi connectivity index (χ0n) is 12.6. The van der Waals surface area contributed by atoms with Gasteiger partial charge >= 0.3 is 0 Å². The number of nitrogens with zero attached hydrogens (tertiary/aromatic N) is 1. The van der Waals surface area contributed by atoms with Crippen LogP contribution in [0.4, 0.5) is 11.4 Å². The summed E-state index contributed by atoms with van der Waals surface area (Å²) in [6, 6.07) is 15.8. The average molecular weight is 285 g/mol. The fourth-order valence-electron chi connectivity index (χ4n) is 2.09. The number of benzene rings is 2. The summed E-state index contributed by atoms with van der Waals surface area (Å²) in [7, 11) is 2.09. The Hall–Kier alpha value is -2.20. The largest absolute Gasteiger partial charge is 0.492 e. The molecule has 1 unspecified atom stereocenters. The second-order valence-corrected chi connectivity index (χ2v) is 5.24. The van der Waals surface area contributed by atoms with Crippen molar-refractivity contribution < 1.29 is 4.74 Å². The van der Waals surface area contributed by atoms with Crippen LogP contribution in [0.5, 0.6) is 5.75 Å². The van der Waals surface area contributed by atoms with Crippen LogP contribution in [0.1, 0.15) is 18.5 Å². The van der Waals surface area contributed by atoms with E-state index in [1.165, 1.54) is 5.56 Å². The number of likely N-dealkylation sites (N-methyl/N-ethyl adjacent to an activating group) is 1. The van der Waals surface area contributed by atoms with Gasteiger partial charge in [0, 0.05) is 24.0 Å². The number of rotatable bonds is 6. The van der Waals surface area contributed by atoms with E-state index >= 15 is 0 Å². The molecule has 0 saturated heterocycles. The van der Waals surface area contributed by atoms with Gasteiger partial charge in [0.2, 0.25) is 0 Å². The van der Waals surface area contributed by atoms with Gasteiger partial charge in [0.15, 0.2) is 0 Å². The maximum absolute atomic E-state index is 5.72. The number of hydrogen-bond acceptors (Lipinski definition) is 4. The lowest BCUT2D eigenvalue weighted by Crippen LogP contribution is -2.27. The Labute approximate surface area is 126 Å². The molecule has 1 atom stereocenters. The first-order valence-corrected chi connectivity index (χ1v) is 7.10. The minimum absolute atomic E-state index is 0.320. The molecule has 4 N–H and O–H groups in total. The van der Waals surface area contributed by atoms with Crippen molar-refractivity contribution in [2.24, 2.45) is 0 Å². The van der Waals surface area contributed by atoms with Crippen molar-refractivity contribution in [3.8, 4) is 5.75 Å². The third-order valence-corrected chi connectivity index (χ3v) is 3.67. The van der Waals surface area contributed by atoms with E-state index in [1.807, 2.05) is 36.4 Å². The highest BCUT2D eigenvalue weighted by molar-refractivity contribution is 5.41. The first kappa shape index (κ1) is 15.2. The highest BCUT2D eigenvalue weighted by Crippen LogP contribution is 2.20. The standard InChI is InChI=1S/C17H23N3O/c1-13(14-3-5-15(18)6-4-14)20(2)11-12-21-17-9-7-16(19)8-10-17/h3-10,13H,11-12,18-19H2,1-2H3. The third-order valence-electron chi connectivity index (χ3n) is 3.67. The highest BCUT2D eigenvalue weighted by atomic mass is 16.5. The van der Waals surface area contributed by atoms with Gasteiger partial charge in [-0.1, -0.05) is 12.1 Å². The van der Waals surface area contributed by atoms with E-state index in [2.05, 4.69) is 31.0 Å². The van der Waals surface area contributed by atoms with Crippen LogP contribution in [0.25, 0.3) is 0 Å². The van der Waals surface area contributed by atoms with Crippen molar-refractivity contribution in [3.05, 3.63) is 54.1 Å². The minimum Gasteiger partial charge on any atom is -0.492 e. The molecule has 0 radical (unpaired) electrons. The van der Waals surface area contributed by atoms with Crippen LogP contribution >= 0.6 is 0 Å². The van der Waals surface area contributed by atoms with Crippen molar-refractivity contribution in [1.29, 1.82) is 0 Å². The van der Waals surface area contributed by atoms with E-state index in [-0.39, 0.29) is 0 Å². The summed E-state index contributed by atoms with van der Waals surface area (Å²) in [5, 5.41) is 0. The summed E-state index contributed by atoms with van der Waals surface area (Å²) in [6.45, 7) is 3.66. The molecule has 4 heteroatoms. The second kappa shape index (κ2) is 6.99. The Morgan fingerprint density at radius 2 is 1.48 bits per heavy atom. The predicted octanol–water partition coefficient (Wildman–Crippen LogP) is 2.92. The van der Waals surface area contributed by atoms with Gasteiger partial charge in [0.05, 0.1) is 0 Å². The van der Waals surface area contributed by atoms with Crippen LogP contribution in [-0.4, -0.2) is 25.1 Å². The fraction of sp³-hybridized carbons (Fsp3) is 0.294. The van der Waals surface area contributed by atoms with Gasteiger partial charge in [-0.3, -0.25) is 4.90 Å². The van der Waals surface area contributed by atoms with E-state index in [1.54, 1.807) is 0 Å². The minimum atomic E-state index is 0.320. The highest BCUT2D eigenvalue weighted by Gasteiger charge is 2.11. The van der Waals surface area contributed by atoms with Crippen molar-refractivity contribution in [2.45, 2.75) is 13.0 Å². The Bertz CT molecular complexity index is 551. The summed E-state index contributed by atoms with van der Waals surface area (Å²) < 4.78 is 5.72. The number of hydrogen-bond donors (Lipinski definition) is 2. The van der Waals surface area contributed by atoms with Crippen LogP contribution in [0.3, 0.4) is 0 Å². The quantitative estimate of drug-likeness (QED) is 0.801. The fourth-order valence-corrected chi connectivity index (χ4v) is 2.09. The molecule has 2 aromatic carbocycles. The molecule has 4 nitrogen and oxygen atoms in total. The molecule has 0 fully saturated rings. The molecule has 0 heterocycles. The zero-order valence-corrected chi connectivity index (χ0v) is 12.6. The van der Waals surface area contributed by atoms with Gasteiger partial charge in [0.25, 0.3) is 0 Å². The van der Waals surface area contributed by atoms with Crippen molar-refractivity contribution in [2.75, 3.05) is 31.7 Å². The molecule has 0 bridgehead atoms. The van der Waals surface area contributed by atoms with Gasteiger partial charge in [-0.2, -0.15) is 0 Å². The number of nitrogens with two attached hydrogens (primary N) is 2.